The largest absolute Gasteiger partial charge is 0.388 e. The van der Waals surface area contributed by atoms with Crippen molar-refractivity contribution in [2.75, 3.05) is 0 Å². The van der Waals surface area contributed by atoms with E-state index in [9.17, 15) is 5.11 Å². The molecule has 0 spiro atoms. The van der Waals surface area contributed by atoms with Crippen molar-refractivity contribution in [1.29, 1.82) is 0 Å². The first kappa shape index (κ1) is 14.0. The van der Waals surface area contributed by atoms with E-state index >= 15 is 0 Å². The van der Waals surface area contributed by atoms with Crippen LogP contribution < -0.4 is 0 Å². The SMILES string of the molecule is CC[C@H](O)c1ccccc1Sc1ncnc2ccccc12. The summed E-state index contributed by atoms with van der Waals surface area (Å²) in [4.78, 5) is 9.72. The van der Waals surface area contributed by atoms with Crippen LogP contribution in [-0.4, -0.2) is 15.1 Å². The lowest BCUT2D eigenvalue weighted by Crippen LogP contribution is -1.97. The van der Waals surface area contributed by atoms with E-state index in [2.05, 4.69) is 9.97 Å². The summed E-state index contributed by atoms with van der Waals surface area (Å²) in [6.07, 6.45) is 1.84. The minimum Gasteiger partial charge on any atom is -0.388 e. The van der Waals surface area contributed by atoms with Crippen molar-refractivity contribution in [1.82, 2.24) is 9.97 Å². The number of fused-ring (bicyclic) bond motifs is 1. The smallest absolute Gasteiger partial charge is 0.117 e. The molecular weight excluding hydrogens is 280 g/mol. The van der Waals surface area contributed by atoms with Crippen molar-refractivity contribution in [2.24, 2.45) is 0 Å². The molecule has 0 aliphatic heterocycles. The average Bonchev–Trinajstić information content (AvgIpc) is 2.55. The van der Waals surface area contributed by atoms with Gasteiger partial charge in [-0.3, -0.25) is 0 Å². The quantitative estimate of drug-likeness (QED) is 0.732. The fraction of sp³-hybridized carbons (Fsp3) is 0.176. The maximum Gasteiger partial charge on any atom is 0.117 e. The van der Waals surface area contributed by atoms with Gasteiger partial charge in [-0.15, -0.1) is 0 Å². The van der Waals surface area contributed by atoms with Gasteiger partial charge in [0, 0.05) is 10.3 Å². The van der Waals surface area contributed by atoms with Crippen LogP contribution in [0, 0.1) is 0 Å². The Labute approximate surface area is 128 Å². The minimum absolute atomic E-state index is 0.443. The zero-order valence-corrected chi connectivity index (χ0v) is 12.5. The molecule has 1 aromatic heterocycles. The van der Waals surface area contributed by atoms with E-state index < -0.39 is 6.10 Å². The van der Waals surface area contributed by atoms with Crippen LogP contribution in [0.4, 0.5) is 0 Å². The molecule has 0 bridgehead atoms. The first-order chi connectivity index (χ1) is 10.3. The Bertz CT molecular complexity index is 755. The number of hydrogen-bond acceptors (Lipinski definition) is 4. The van der Waals surface area contributed by atoms with Gasteiger partial charge in [-0.1, -0.05) is 55.1 Å². The van der Waals surface area contributed by atoms with Crippen LogP contribution in [0.15, 0.2) is 64.8 Å². The van der Waals surface area contributed by atoms with Crippen molar-refractivity contribution in [3.05, 3.63) is 60.4 Å². The highest BCUT2D eigenvalue weighted by molar-refractivity contribution is 7.99. The molecule has 0 amide bonds. The number of rotatable bonds is 4. The Morgan fingerprint density at radius 1 is 1.05 bits per heavy atom. The summed E-state index contributed by atoms with van der Waals surface area (Å²) in [7, 11) is 0. The third-order valence-corrected chi connectivity index (χ3v) is 4.49. The molecule has 2 aromatic carbocycles. The van der Waals surface area contributed by atoms with Crippen molar-refractivity contribution >= 4 is 22.7 Å². The van der Waals surface area contributed by atoms with E-state index in [0.29, 0.717) is 6.42 Å². The number of benzene rings is 2. The van der Waals surface area contributed by atoms with E-state index in [1.54, 1.807) is 18.1 Å². The highest BCUT2D eigenvalue weighted by atomic mass is 32.2. The Morgan fingerprint density at radius 2 is 1.81 bits per heavy atom. The molecule has 0 unspecified atom stereocenters. The highest BCUT2D eigenvalue weighted by Crippen LogP contribution is 2.35. The van der Waals surface area contributed by atoms with Crippen LogP contribution >= 0.6 is 11.8 Å². The molecule has 21 heavy (non-hydrogen) atoms. The average molecular weight is 296 g/mol. The maximum absolute atomic E-state index is 10.2. The molecule has 0 saturated heterocycles. The Hall–Kier alpha value is -1.91. The molecule has 3 rings (SSSR count). The topological polar surface area (TPSA) is 46.0 Å². The Kier molecular flexibility index (Phi) is 4.18. The van der Waals surface area contributed by atoms with Crippen LogP contribution in [0.5, 0.6) is 0 Å². The van der Waals surface area contributed by atoms with Gasteiger partial charge in [-0.25, -0.2) is 9.97 Å². The normalized spacial score (nSPS) is 12.5. The van der Waals surface area contributed by atoms with E-state index in [4.69, 9.17) is 0 Å². The zero-order chi connectivity index (χ0) is 14.7. The lowest BCUT2D eigenvalue weighted by molar-refractivity contribution is 0.171. The van der Waals surface area contributed by atoms with Crippen molar-refractivity contribution < 1.29 is 5.11 Å². The van der Waals surface area contributed by atoms with Crippen LogP contribution in [0.25, 0.3) is 10.9 Å². The van der Waals surface area contributed by atoms with Gasteiger partial charge in [0.1, 0.15) is 11.4 Å². The number of aliphatic hydroxyl groups is 1. The van der Waals surface area contributed by atoms with E-state index in [1.165, 1.54) is 0 Å². The number of nitrogens with zero attached hydrogens (tertiary/aromatic N) is 2. The van der Waals surface area contributed by atoms with Crippen molar-refractivity contribution in [2.45, 2.75) is 29.4 Å². The van der Waals surface area contributed by atoms with Gasteiger partial charge in [-0.2, -0.15) is 0 Å². The predicted octanol–water partition coefficient (Wildman–Crippen LogP) is 4.22. The van der Waals surface area contributed by atoms with E-state index in [0.717, 1.165) is 26.4 Å². The van der Waals surface area contributed by atoms with Gasteiger partial charge in [0.2, 0.25) is 0 Å². The summed E-state index contributed by atoms with van der Waals surface area (Å²) < 4.78 is 0. The van der Waals surface area contributed by atoms with Gasteiger partial charge < -0.3 is 5.11 Å². The van der Waals surface area contributed by atoms with Gasteiger partial charge in [-0.05, 0) is 24.1 Å². The van der Waals surface area contributed by atoms with Gasteiger partial charge in [0.05, 0.1) is 11.6 Å². The summed E-state index contributed by atoms with van der Waals surface area (Å²) in [5.41, 5.74) is 1.89. The third kappa shape index (κ3) is 2.91. The summed E-state index contributed by atoms with van der Waals surface area (Å²) in [6.45, 7) is 1.98. The number of aromatic nitrogens is 2. The molecule has 4 heteroatoms. The fourth-order valence-corrected chi connectivity index (χ4v) is 3.29. The highest BCUT2D eigenvalue weighted by Gasteiger charge is 2.13. The molecule has 0 radical (unpaired) electrons. The molecule has 3 aromatic rings. The second kappa shape index (κ2) is 6.24. The van der Waals surface area contributed by atoms with Crippen LogP contribution in [0.2, 0.25) is 0 Å². The molecule has 0 fully saturated rings. The summed E-state index contributed by atoms with van der Waals surface area (Å²) in [5.74, 6) is 0. The van der Waals surface area contributed by atoms with Gasteiger partial charge in [0.15, 0.2) is 0 Å². The third-order valence-electron chi connectivity index (χ3n) is 3.38. The first-order valence-electron chi connectivity index (χ1n) is 6.94. The maximum atomic E-state index is 10.2. The molecule has 1 N–H and O–H groups in total. The van der Waals surface area contributed by atoms with Crippen molar-refractivity contribution in [3.8, 4) is 0 Å². The van der Waals surface area contributed by atoms with E-state index in [-0.39, 0.29) is 0 Å². The minimum atomic E-state index is -0.443. The van der Waals surface area contributed by atoms with Crippen LogP contribution in [0.1, 0.15) is 25.0 Å². The van der Waals surface area contributed by atoms with Gasteiger partial charge >= 0.3 is 0 Å². The summed E-state index contributed by atoms with van der Waals surface area (Å²) in [6, 6.07) is 15.9. The summed E-state index contributed by atoms with van der Waals surface area (Å²) in [5, 5.41) is 12.1. The standard InChI is InChI=1S/C17H16N2OS/c1-2-15(20)13-8-4-6-10-16(13)21-17-12-7-3-5-9-14(12)18-11-19-17/h3-11,15,20H,2H2,1H3/t15-/m0/s1. The summed E-state index contributed by atoms with van der Waals surface area (Å²) >= 11 is 1.58. The second-order valence-corrected chi connectivity index (χ2v) is 5.79. The number of aliphatic hydroxyl groups excluding tert-OH is 1. The molecular formula is C17H16N2OS. The molecule has 106 valence electrons. The number of para-hydroxylation sites is 1. The van der Waals surface area contributed by atoms with E-state index in [1.807, 2.05) is 55.5 Å². The molecule has 1 atom stereocenters. The number of hydrogen-bond donors (Lipinski definition) is 1. The molecule has 0 aliphatic carbocycles. The lowest BCUT2D eigenvalue weighted by atomic mass is 10.1. The first-order valence-corrected chi connectivity index (χ1v) is 7.76. The second-order valence-electron chi connectivity index (χ2n) is 4.76. The van der Waals surface area contributed by atoms with Crippen molar-refractivity contribution in [3.63, 3.8) is 0 Å². The monoisotopic (exact) mass is 296 g/mol. The Morgan fingerprint density at radius 3 is 2.67 bits per heavy atom. The van der Waals surface area contributed by atoms with Crippen LogP contribution in [-0.2, 0) is 0 Å². The Balaban J connectivity index is 2.03. The van der Waals surface area contributed by atoms with Gasteiger partial charge in [0.25, 0.3) is 0 Å². The fourth-order valence-electron chi connectivity index (χ4n) is 2.23. The molecule has 0 saturated carbocycles. The molecule has 0 aliphatic rings. The van der Waals surface area contributed by atoms with Crippen LogP contribution in [0.3, 0.4) is 0 Å². The zero-order valence-electron chi connectivity index (χ0n) is 11.7. The molecule has 3 nitrogen and oxygen atoms in total. The lowest BCUT2D eigenvalue weighted by Gasteiger charge is -2.13. The molecule has 1 heterocycles. The predicted molar refractivity (Wildman–Crippen MR) is 85.4 cm³/mol.